The zero-order chi connectivity index (χ0) is 18.6. The van der Waals surface area contributed by atoms with Crippen molar-refractivity contribution in [3.8, 4) is 11.5 Å². The fraction of sp³-hybridized carbons (Fsp3) is 0.278. The largest absolute Gasteiger partial charge is 0.457 e. The van der Waals surface area contributed by atoms with Crippen molar-refractivity contribution >= 4 is 45.2 Å². The standard InChI is InChI=1S/C18H18BrCl2NO3/c1-18(2,3)25-17(23)22-10-11-8-12(19)4-7-16(11)24-13-5-6-14(20)15(21)9-13/h4-9H,10H2,1-3H3,(H,22,23). The molecule has 2 aromatic carbocycles. The van der Waals surface area contributed by atoms with Crippen molar-refractivity contribution in [3.05, 3.63) is 56.5 Å². The zero-order valence-electron chi connectivity index (χ0n) is 14.0. The van der Waals surface area contributed by atoms with Gasteiger partial charge in [-0.05, 0) is 51.1 Å². The summed E-state index contributed by atoms with van der Waals surface area (Å²) < 4.78 is 12.0. The number of hydrogen-bond acceptors (Lipinski definition) is 3. The van der Waals surface area contributed by atoms with E-state index in [0.717, 1.165) is 10.0 Å². The lowest BCUT2D eigenvalue weighted by Crippen LogP contribution is -2.32. The predicted molar refractivity (Wildman–Crippen MR) is 104 cm³/mol. The molecule has 0 radical (unpaired) electrons. The number of hydrogen-bond donors (Lipinski definition) is 1. The van der Waals surface area contributed by atoms with Crippen molar-refractivity contribution in [2.75, 3.05) is 0 Å². The summed E-state index contributed by atoms with van der Waals surface area (Å²) in [4.78, 5) is 11.9. The SMILES string of the molecule is CC(C)(C)OC(=O)NCc1cc(Br)ccc1Oc1ccc(Cl)c(Cl)c1. The monoisotopic (exact) mass is 445 g/mol. The molecule has 2 rings (SSSR count). The van der Waals surface area contributed by atoms with E-state index in [0.29, 0.717) is 21.5 Å². The van der Waals surface area contributed by atoms with E-state index >= 15 is 0 Å². The van der Waals surface area contributed by atoms with Crippen LogP contribution in [-0.4, -0.2) is 11.7 Å². The van der Waals surface area contributed by atoms with Gasteiger partial charge in [0.25, 0.3) is 0 Å². The van der Waals surface area contributed by atoms with E-state index < -0.39 is 11.7 Å². The molecule has 0 aliphatic rings. The van der Waals surface area contributed by atoms with Crippen LogP contribution in [0.3, 0.4) is 0 Å². The first-order chi connectivity index (χ1) is 11.6. The molecule has 0 saturated heterocycles. The van der Waals surface area contributed by atoms with Gasteiger partial charge in [-0.1, -0.05) is 39.1 Å². The van der Waals surface area contributed by atoms with E-state index in [4.69, 9.17) is 32.7 Å². The highest BCUT2D eigenvalue weighted by Gasteiger charge is 2.16. The van der Waals surface area contributed by atoms with E-state index in [-0.39, 0.29) is 6.54 Å². The molecule has 7 heteroatoms. The van der Waals surface area contributed by atoms with E-state index in [1.807, 2.05) is 32.9 Å². The summed E-state index contributed by atoms with van der Waals surface area (Å²) in [6.07, 6.45) is -0.493. The van der Waals surface area contributed by atoms with Crippen LogP contribution in [0.15, 0.2) is 40.9 Å². The van der Waals surface area contributed by atoms with Gasteiger partial charge in [0.2, 0.25) is 0 Å². The number of ether oxygens (including phenoxy) is 2. The summed E-state index contributed by atoms with van der Waals surface area (Å²) in [5, 5.41) is 3.58. The fourth-order valence-corrected chi connectivity index (χ4v) is 2.63. The molecule has 0 spiro atoms. The number of amides is 1. The van der Waals surface area contributed by atoms with Crippen LogP contribution < -0.4 is 10.1 Å². The predicted octanol–water partition coefficient (Wildman–Crippen LogP) is 6.57. The van der Waals surface area contributed by atoms with Crippen LogP contribution in [-0.2, 0) is 11.3 Å². The Hall–Kier alpha value is -1.43. The molecule has 0 unspecified atom stereocenters. The average Bonchev–Trinajstić information content (AvgIpc) is 2.49. The molecule has 0 aromatic heterocycles. The molecule has 1 amide bonds. The van der Waals surface area contributed by atoms with Crippen molar-refractivity contribution in [2.45, 2.75) is 32.9 Å². The Bertz CT molecular complexity index is 775. The third-order valence-corrected chi connectivity index (χ3v) is 4.20. The van der Waals surface area contributed by atoms with Crippen molar-refractivity contribution in [1.82, 2.24) is 5.32 Å². The van der Waals surface area contributed by atoms with Crippen LogP contribution in [0.2, 0.25) is 10.0 Å². The van der Waals surface area contributed by atoms with Crippen molar-refractivity contribution in [2.24, 2.45) is 0 Å². The molecule has 4 nitrogen and oxygen atoms in total. The Labute approximate surface area is 165 Å². The molecule has 0 aliphatic heterocycles. The molecule has 0 atom stereocenters. The molecular formula is C18H18BrCl2NO3. The van der Waals surface area contributed by atoms with Crippen LogP contribution in [0, 0.1) is 0 Å². The van der Waals surface area contributed by atoms with E-state index in [1.165, 1.54) is 0 Å². The van der Waals surface area contributed by atoms with Crippen molar-refractivity contribution < 1.29 is 14.3 Å². The van der Waals surface area contributed by atoms with Gasteiger partial charge >= 0.3 is 6.09 Å². The number of carbonyl (C=O) groups excluding carboxylic acids is 1. The Balaban J connectivity index is 2.14. The number of benzene rings is 2. The molecule has 25 heavy (non-hydrogen) atoms. The molecule has 0 fully saturated rings. The molecule has 1 N–H and O–H groups in total. The van der Waals surface area contributed by atoms with Gasteiger partial charge in [-0.15, -0.1) is 0 Å². The van der Waals surface area contributed by atoms with Crippen LogP contribution in [0.5, 0.6) is 11.5 Å². The number of nitrogens with one attached hydrogen (secondary N) is 1. The van der Waals surface area contributed by atoms with E-state index in [2.05, 4.69) is 21.2 Å². The second-order valence-electron chi connectivity index (χ2n) is 6.29. The van der Waals surface area contributed by atoms with Gasteiger partial charge in [0.05, 0.1) is 10.0 Å². The molecule has 134 valence electrons. The van der Waals surface area contributed by atoms with Gasteiger partial charge in [0.1, 0.15) is 17.1 Å². The highest BCUT2D eigenvalue weighted by molar-refractivity contribution is 9.10. The Morgan fingerprint density at radius 3 is 2.48 bits per heavy atom. The Kier molecular flexibility index (Phi) is 6.60. The Morgan fingerprint density at radius 1 is 1.12 bits per heavy atom. The van der Waals surface area contributed by atoms with Gasteiger partial charge < -0.3 is 14.8 Å². The number of alkyl carbamates (subject to hydrolysis) is 1. The zero-order valence-corrected chi connectivity index (χ0v) is 17.1. The fourth-order valence-electron chi connectivity index (χ4n) is 1.93. The van der Waals surface area contributed by atoms with Crippen LogP contribution >= 0.6 is 39.1 Å². The minimum Gasteiger partial charge on any atom is -0.457 e. The van der Waals surface area contributed by atoms with Gasteiger partial charge in [-0.25, -0.2) is 4.79 Å². The maximum Gasteiger partial charge on any atom is 0.407 e. The smallest absolute Gasteiger partial charge is 0.407 e. The molecule has 0 bridgehead atoms. The van der Waals surface area contributed by atoms with E-state index in [1.54, 1.807) is 24.3 Å². The molecular weight excluding hydrogens is 429 g/mol. The number of carbonyl (C=O) groups is 1. The van der Waals surface area contributed by atoms with Crippen LogP contribution in [0.4, 0.5) is 4.79 Å². The molecule has 0 aliphatic carbocycles. The van der Waals surface area contributed by atoms with Gasteiger partial charge in [0, 0.05) is 22.6 Å². The third kappa shape index (κ3) is 6.42. The Morgan fingerprint density at radius 2 is 1.84 bits per heavy atom. The maximum absolute atomic E-state index is 11.9. The van der Waals surface area contributed by atoms with Gasteiger partial charge in [-0.2, -0.15) is 0 Å². The minimum absolute atomic E-state index is 0.255. The lowest BCUT2D eigenvalue weighted by atomic mass is 10.2. The average molecular weight is 447 g/mol. The molecule has 2 aromatic rings. The minimum atomic E-state index is -0.555. The second-order valence-corrected chi connectivity index (χ2v) is 8.02. The summed E-state index contributed by atoms with van der Waals surface area (Å²) in [6, 6.07) is 10.5. The summed E-state index contributed by atoms with van der Waals surface area (Å²) in [5.74, 6) is 1.15. The highest BCUT2D eigenvalue weighted by Crippen LogP contribution is 2.32. The topological polar surface area (TPSA) is 47.6 Å². The van der Waals surface area contributed by atoms with Gasteiger partial charge in [-0.3, -0.25) is 0 Å². The normalized spacial score (nSPS) is 11.1. The molecule has 0 saturated carbocycles. The number of rotatable bonds is 4. The maximum atomic E-state index is 11.9. The van der Waals surface area contributed by atoms with Crippen molar-refractivity contribution in [1.29, 1.82) is 0 Å². The number of halogens is 3. The summed E-state index contributed by atoms with van der Waals surface area (Å²) in [6.45, 7) is 5.69. The van der Waals surface area contributed by atoms with Crippen LogP contribution in [0.25, 0.3) is 0 Å². The molecule has 0 heterocycles. The lowest BCUT2D eigenvalue weighted by molar-refractivity contribution is 0.0523. The summed E-state index contributed by atoms with van der Waals surface area (Å²) in [7, 11) is 0. The lowest BCUT2D eigenvalue weighted by Gasteiger charge is -2.20. The second kappa shape index (κ2) is 8.30. The van der Waals surface area contributed by atoms with Gasteiger partial charge in [0.15, 0.2) is 0 Å². The highest BCUT2D eigenvalue weighted by atomic mass is 79.9. The first kappa shape index (κ1) is 19.9. The quantitative estimate of drug-likeness (QED) is 0.577. The summed E-state index contributed by atoms with van der Waals surface area (Å²) >= 11 is 15.4. The van der Waals surface area contributed by atoms with E-state index in [9.17, 15) is 4.79 Å². The summed E-state index contributed by atoms with van der Waals surface area (Å²) in [5.41, 5.74) is 0.229. The first-order valence-corrected chi connectivity index (χ1v) is 9.07. The third-order valence-electron chi connectivity index (χ3n) is 2.96. The van der Waals surface area contributed by atoms with Crippen LogP contribution in [0.1, 0.15) is 26.3 Å². The van der Waals surface area contributed by atoms with Crippen molar-refractivity contribution in [3.63, 3.8) is 0 Å². The first-order valence-electron chi connectivity index (χ1n) is 7.52.